The summed E-state index contributed by atoms with van der Waals surface area (Å²) in [6, 6.07) is 13.7. The Hall–Kier alpha value is -2.51. The third-order valence-corrected chi connectivity index (χ3v) is 5.29. The molecular weight excluding hydrogens is 400 g/mol. The van der Waals surface area contributed by atoms with Crippen molar-refractivity contribution in [2.45, 2.75) is 6.54 Å². The molecule has 0 aromatic heterocycles. The van der Waals surface area contributed by atoms with Gasteiger partial charge in [0.15, 0.2) is 0 Å². The Morgan fingerprint density at radius 3 is 2.46 bits per heavy atom. The SMILES string of the molecule is C=CCOc1ccc(CN(C)C(=O)CN(c2cccc(Cl)c2)S(C)(=O)=O)cc1. The van der Waals surface area contributed by atoms with Gasteiger partial charge in [-0.1, -0.05) is 42.5 Å². The molecule has 0 saturated carbocycles. The monoisotopic (exact) mass is 422 g/mol. The standard InChI is InChI=1S/C20H23ClN2O4S/c1-4-12-27-19-10-8-16(9-11-19)14-22(2)20(24)15-23(28(3,25)26)18-7-5-6-17(21)13-18/h4-11,13H,1,12,14-15H2,2-3H3. The van der Waals surface area contributed by atoms with Crippen LogP contribution in [-0.2, 0) is 21.4 Å². The van der Waals surface area contributed by atoms with Crippen molar-refractivity contribution in [2.24, 2.45) is 0 Å². The first kappa shape index (κ1) is 21.8. The maximum Gasteiger partial charge on any atom is 0.243 e. The fourth-order valence-corrected chi connectivity index (χ4v) is 3.51. The highest BCUT2D eigenvalue weighted by Crippen LogP contribution is 2.22. The van der Waals surface area contributed by atoms with Crippen LogP contribution in [0.25, 0.3) is 0 Å². The smallest absolute Gasteiger partial charge is 0.243 e. The molecule has 0 atom stereocenters. The van der Waals surface area contributed by atoms with Crippen molar-refractivity contribution in [1.82, 2.24) is 4.90 Å². The molecule has 0 aliphatic heterocycles. The van der Waals surface area contributed by atoms with Gasteiger partial charge in [0.2, 0.25) is 15.9 Å². The highest BCUT2D eigenvalue weighted by Gasteiger charge is 2.23. The van der Waals surface area contributed by atoms with Crippen LogP contribution in [0, 0.1) is 0 Å². The van der Waals surface area contributed by atoms with Crippen LogP contribution in [0.3, 0.4) is 0 Å². The summed E-state index contributed by atoms with van der Waals surface area (Å²) in [4.78, 5) is 14.1. The Bertz CT molecular complexity index is 929. The summed E-state index contributed by atoms with van der Waals surface area (Å²) in [7, 11) is -2.02. The Morgan fingerprint density at radius 2 is 1.89 bits per heavy atom. The Labute approximate surface area is 171 Å². The van der Waals surface area contributed by atoms with Gasteiger partial charge in [0.05, 0.1) is 11.9 Å². The molecule has 0 radical (unpaired) electrons. The van der Waals surface area contributed by atoms with Gasteiger partial charge in [-0.05, 0) is 35.9 Å². The van der Waals surface area contributed by atoms with Gasteiger partial charge >= 0.3 is 0 Å². The predicted molar refractivity (Wildman–Crippen MR) is 112 cm³/mol. The van der Waals surface area contributed by atoms with E-state index < -0.39 is 10.0 Å². The third kappa shape index (κ3) is 6.28. The third-order valence-electron chi connectivity index (χ3n) is 3.91. The maximum absolute atomic E-state index is 12.6. The minimum Gasteiger partial charge on any atom is -0.490 e. The zero-order valence-corrected chi connectivity index (χ0v) is 17.4. The molecule has 0 bridgehead atoms. The topological polar surface area (TPSA) is 66.9 Å². The molecule has 0 heterocycles. The molecule has 1 amide bonds. The number of benzene rings is 2. The minimum absolute atomic E-state index is 0.309. The van der Waals surface area contributed by atoms with Crippen LogP contribution in [0.2, 0.25) is 5.02 Å². The Morgan fingerprint density at radius 1 is 1.21 bits per heavy atom. The lowest BCUT2D eigenvalue weighted by Crippen LogP contribution is -2.41. The number of halogens is 1. The summed E-state index contributed by atoms with van der Waals surface area (Å²) in [6.07, 6.45) is 2.72. The van der Waals surface area contributed by atoms with Gasteiger partial charge in [-0.25, -0.2) is 8.42 Å². The number of nitrogens with zero attached hydrogens (tertiary/aromatic N) is 2. The van der Waals surface area contributed by atoms with Crippen molar-refractivity contribution in [3.63, 3.8) is 0 Å². The van der Waals surface area contributed by atoms with Crippen LogP contribution in [0.15, 0.2) is 61.2 Å². The summed E-state index contributed by atoms with van der Waals surface area (Å²) < 4.78 is 30.8. The molecule has 6 nitrogen and oxygen atoms in total. The summed E-state index contributed by atoms with van der Waals surface area (Å²) in [5.74, 6) is 0.374. The number of amides is 1. The molecule has 0 spiro atoms. The van der Waals surface area contributed by atoms with E-state index in [2.05, 4.69) is 6.58 Å². The number of hydrogen-bond donors (Lipinski definition) is 0. The molecule has 2 rings (SSSR count). The normalized spacial score (nSPS) is 11.0. The van der Waals surface area contributed by atoms with Crippen LogP contribution in [-0.4, -0.2) is 45.7 Å². The number of rotatable bonds is 9. The van der Waals surface area contributed by atoms with Crippen molar-refractivity contribution < 1.29 is 17.9 Å². The highest BCUT2D eigenvalue weighted by molar-refractivity contribution is 7.92. The number of anilines is 1. The molecular formula is C20H23ClN2O4S. The van der Waals surface area contributed by atoms with E-state index in [1.165, 1.54) is 11.0 Å². The van der Waals surface area contributed by atoms with Crippen molar-refractivity contribution in [2.75, 3.05) is 30.8 Å². The average molecular weight is 423 g/mol. The summed E-state index contributed by atoms with van der Waals surface area (Å²) in [6.45, 7) is 4.05. The first-order valence-corrected chi connectivity index (χ1v) is 10.7. The second kappa shape index (κ2) is 9.61. The van der Waals surface area contributed by atoms with E-state index >= 15 is 0 Å². The number of carbonyl (C=O) groups is 1. The summed E-state index contributed by atoms with van der Waals surface area (Å²) >= 11 is 5.96. The molecule has 0 aliphatic rings. The van der Waals surface area contributed by atoms with Crippen molar-refractivity contribution in [3.8, 4) is 5.75 Å². The fraction of sp³-hybridized carbons (Fsp3) is 0.250. The van der Waals surface area contributed by atoms with Crippen LogP contribution >= 0.6 is 11.6 Å². The van der Waals surface area contributed by atoms with Crippen LogP contribution in [0.5, 0.6) is 5.75 Å². The van der Waals surface area contributed by atoms with E-state index in [-0.39, 0.29) is 12.5 Å². The predicted octanol–water partition coefficient (Wildman–Crippen LogP) is 3.33. The van der Waals surface area contributed by atoms with Gasteiger partial charge < -0.3 is 9.64 Å². The molecule has 150 valence electrons. The van der Waals surface area contributed by atoms with Gasteiger partial charge in [-0.15, -0.1) is 0 Å². The first-order valence-electron chi connectivity index (χ1n) is 8.50. The number of likely N-dealkylation sites (N-methyl/N-ethyl adjacent to an activating group) is 1. The van der Waals surface area contributed by atoms with Gasteiger partial charge in [0, 0.05) is 18.6 Å². The van der Waals surface area contributed by atoms with Crippen molar-refractivity contribution in [1.29, 1.82) is 0 Å². The second-order valence-electron chi connectivity index (χ2n) is 6.24. The zero-order chi connectivity index (χ0) is 20.7. The molecule has 0 N–H and O–H groups in total. The zero-order valence-electron chi connectivity index (χ0n) is 15.8. The highest BCUT2D eigenvalue weighted by atomic mass is 35.5. The average Bonchev–Trinajstić information content (AvgIpc) is 2.64. The van der Waals surface area contributed by atoms with Crippen LogP contribution < -0.4 is 9.04 Å². The maximum atomic E-state index is 12.6. The van der Waals surface area contributed by atoms with Crippen molar-refractivity contribution >= 4 is 33.2 Å². The van der Waals surface area contributed by atoms with E-state index in [4.69, 9.17) is 16.3 Å². The lowest BCUT2D eigenvalue weighted by molar-refractivity contribution is -0.128. The first-order chi connectivity index (χ1) is 13.2. The molecule has 0 aliphatic carbocycles. The summed E-state index contributed by atoms with van der Waals surface area (Å²) in [5.41, 5.74) is 1.25. The van der Waals surface area contributed by atoms with E-state index in [1.54, 1.807) is 31.3 Å². The van der Waals surface area contributed by atoms with Gasteiger partial charge in [0.1, 0.15) is 18.9 Å². The minimum atomic E-state index is -3.65. The molecule has 28 heavy (non-hydrogen) atoms. The molecule has 0 unspecified atom stereocenters. The lowest BCUT2D eigenvalue weighted by Gasteiger charge is -2.25. The lowest BCUT2D eigenvalue weighted by atomic mass is 10.2. The van der Waals surface area contributed by atoms with E-state index in [0.29, 0.717) is 29.6 Å². The number of ether oxygens (including phenoxy) is 1. The number of sulfonamides is 1. The van der Waals surface area contributed by atoms with E-state index in [9.17, 15) is 13.2 Å². The Balaban J connectivity index is 2.07. The quantitative estimate of drug-likeness (QED) is 0.581. The molecule has 2 aromatic rings. The van der Waals surface area contributed by atoms with Crippen molar-refractivity contribution in [3.05, 3.63) is 71.8 Å². The molecule has 0 saturated heterocycles. The van der Waals surface area contributed by atoms with Gasteiger partial charge in [-0.3, -0.25) is 9.10 Å². The van der Waals surface area contributed by atoms with Crippen LogP contribution in [0.4, 0.5) is 5.69 Å². The molecule has 8 heteroatoms. The fourth-order valence-electron chi connectivity index (χ4n) is 2.48. The Kier molecular flexibility index (Phi) is 7.48. The van der Waals surface area contributed by atoms with Gasteiger partial charge in [-0.2, -0.15) is 0 Å². The summed E-state index contributed by atoms with van der Waals surface area (Å²) in [5, 5.41) is 0.394. The van der Waals surface area contributed by atoms with Gasteiger partial charge in [0.25, 0.3) is 0 Å². The van der Waals surface area contributed by atoms with E-state index in [0.717, 1.165) is 16.1 Å². The number of hydrogen-bond acceptors (Lipinski definition) is 4. The molecule has 0 fully saturated rings. The molecule has 2 aromatic carbocycles. The number of carbonyl (C=O) groups excluding carboxylic acids is 1. The largest absolute Gasteiger partial charge is 0.490 e. The van der Waals surface area contributed by atoms with Crippen LogP contribution in [0.1, 0.15) is 5.56 Å². The second-order valence-corrected chi connectivity index (χ2v) is 8.59. The van der Waals surface area contributed by atoms with E-state index in [1.807, 2.05) is 24.3 Å².